The first-order chi connectivity index (χ1) is 56.7. The van der Waals surface area contributed by atoms with Crippen LogP contribution in [0.15, 0.2) is 36.5 Å². The smallest absolute Gasteiger partial charge is 0.463 e. The van der Waals surface area contributed by atoms with Gasteiger partial charge in [-0.2, -0.15) is 0 Å². The highest BCUT2D eigenvalue weighted by Crippen LogP contribution is 2.49. The number of hydrogen-bond acceptors (Lipinski definition) is 24. The fourth-order valence-corrected chi connectivity index (χ4v) is 16.1. The van der Waals surface area contributed by atoms with Crippen molar-refractivity contribution in [2.45, 2.75) is 491 Å². The predicted octanol–water partition coefficient (Wildman–Crippen LogP) is 17.1. The third kappa shape index (κ3) is 50.3. The Kier molecular flexibility index (Phi) is 64.6. The van der Waals surface area contributed by atoms with E-state index >= 15 is 0 Å². The second-order valence-corrected chi connectivity index (χ2v) is 34.6. The van der Waals surface area contributed by atoms with E-state index in [1.54, 1.807) is 0 Å². The van der Waals surface area contributed by atoms with Crippen LogP contribution in [0.4, 0.5) is 0 Å². The molecule has 117 heavy (non-hydrogen) atoms. The van der Waals surface area contributed by atoms with Gasteiger partial charge in [-0.05, 0) is 103 Å². The van der Waals surface area contributed by atoms with Gasteiger partial charge in [0.1, 0.15) is 92.6 Å². The number of allylic oxidation sites excluding steroid dienone is 6. The molecule has 25 nitrogen and oxygen atoms in total. The summed E-state index contributed by atoms with van der Waals surface area (Å²) in [5.74, 6) is -2.99. The molecule has 2 aliphatic heterocycles. The number of unbranched alkanes of at least 4 members (excludes halogenated alkanes) is 45. The maximum atomic E-state index is 14.9. The Morgan fingerprint density at radius 3 is 1.03 bits per heavy atom. The van der Waals surface area contributed by atoms with Gasteiger partial charge in [-0.15, -0.1) is 0 Å². The molecule has 2 saturated heterocycles. The van der Waals surface area contributed by atoms with E-state index in [1.807, 2.05) is 0 Å². The summed E-state index contributed by atoms with van der Waals surface area (Å²) in [6.45, 7) is 5.54. The number of phosphoric ester groups is 1. The molecule has 3 rings (SSSR count). The zero-order chi connectivity index (χ0) is 85.4. The monoisotopic (exact) mass is 1690 g/mol. The fraction of sp³-hybridized carbons (Fsp3) is 0.890. The largest absolute Gasteiger partial charge is 0.472 e. The molecule has 3 fully saturated rings. The summed E-state index contributed by atoms with van der Waals surface area (Å²) in [6, 6.07) is 0. The van der Waals surface area contributed by atoms with E-state index < -0.39 is 162 Å². The zero-order valence-corrected chi connectivity index (χ0v) is 73.6. The van der Waals surface area contributed by atoms with Gasteiger partial charge < -0.3 is 88.7 Å². The van der Waals surface area contributed by atoms with Crippen LogP contribution in [0.3, 0.4) is 0 Å². The number of carbonyl (C=O) groups excluding carboxylic acids is 4. The van der Waals surface area contributed by atoms with Gasteiger partial charge in [0.2, 0.25) is 0 Å². The predicted molar refractivity (Wildman–Crippen MR) is 453 cm³/mol. The molecule has 0 aromatic carbocycles. The normalized spacial score (nSPS) is 25.2. The minimum atomic E-state index is -5.81. The summed E-state index contributed by atoms with van der Waals surface area (Å²) in [6.07, 6.45) is 31.3. The van der Waals surface area contributed by atoms with E-state index in [0.29, 0.717) is 44.9 Å². The van der Waals surface area contributed by atoms with Crippen molar-refractivity contribution in [2.75, 3.05) is 26.4 Å². The number of carbonyl (C=O) groups is 4. The number of ether oxygens (including phenoxy) is 8. The average molecular weight is 1690 g/mol. The standard InChI is InChI=1S/C91H165O25P/c1-5-9-13-17-21-25-29-33-36-40-44-47-51-55-59-63-74(93)107-68-71(110-76(95)65-61-57-53-49-45-41-37-34-30-26-22-18-14-10-6-2)69-109-117(105,106)116-89-87(114-90-84(103)80(99)78(97)72(67-92)111-90)83(102)82(101)86(113-77(96)66-62-58-54-50-46-42-38-35-31-27-23-19-15-11-7-3)88(89)115-91-85(104)81(100)79(98)73(112-91)70-108-75(94)64-60-56-52-48-43-39-32-28-24-20-16-12-8-4/h25-26,29-30,39,43,71-73,78-92,97-104H,5-24,27-28,31-38,40-42,44-70H2,1-4H3,(H,105,106)/b29-25-,30-26-,43-39-. The molecule has 18 unspecified atom stereocenters. The molecule has 0 radical (unpaired) electrons. The van der Waals surface area contributed by atoms with Gasteiger partial charge in [-0.1, -0.05) is 295 Å². The van der Waals surface area contributed by atoms with Crippen LogP contribution in [0, 0.1) is 0 Å². The Hall–Kier alpha value is -3.31. The number of aliphatic hydroxyl groups excluding tert-OH is 9. The van der Waals surface area contributed by atoms with Crippen molar-refractivity contribution in [2.24, 2.45) is 0 Å². The highest BCUT2D eigenvalue weighted by Gasteiger charge is 2.60. The van der Waals surface area contributed by atoms with Gasteiger partial charge in [0, 0.05) is 25.7 Å². The first kappa shape index (κ1) is 108. The fourth-order valence-electron chi connectivity index (χ4n) is 15.1. The molecule has 1 aliphatic carbocycles. The van der Waals surface area contributed by atoms with E-state index in [9.17, 15) is 74.6 Å². The van der Waals surface area contributed by atoms with Gasteiger partial charge in [0.25, 0.3) is 0 Å². The minimum absolute atomic E-state index is 0.00677. The molecule has 10 N–H and O–H groups in total. The van der Waals surface area contributed by atoms with Crippen LogP contribution in [0.5, 0.6) is 0 Å². The van der Waals surface area contributed by atoms with Crippen molar-refractivity contribution in [1.29, 1.82) is 0 Å². The summed E-state index contributed by atoms with van der Waals surface area (Å²) in [5, 5.41) is 102. The van der Waals surface area contributed by atoms with Crippen molar-refractivity contribution in [3.05, 3.63) is 36.5 Å². The van der Waals surface area contributed by atoms with Crippen LogP contribution in [-0.2, 0) is 70.7 Å². The molecule has 2 heterocycles. The minimum Gasteiger partial charge on any atom is -0.463 e. The summed E-state index contributed by atoms with van der Waals surface area (Å²) in [5.41, 5.74) is 0. The van der Waals surface area contributed by atoms with Crippen LogP contribution in [0.2, 0.25) is 0 Å². The Balaban J connectivity index is 1.93. The third-order valence-electron chi connectivity index (χ3n) is 22.6. The lowest BCUT2D eigenvalue weighted by Gasteiger charge is -2.50. The van der Waals surface area contributed by atoms with E-state index in [4.69, 9.17) is 46.9 Å². The van der Waals surface area contributed by atoms with Crippen molar-refractivity contribution >= 4 is 31.7 Å². The van der Waals surface area contributed by atoms with Gasteiger partial charge in [0.05, 0.1) is 13.2 Å². The van der Waals surface area contributed by atoms with Gasteiger partial charge in [0.15, 0.2) is 24.8 Å². The van der Waals surface area contributed by atoms with Crippen molar-refractivity contribution in [3.63, 3.8) is 0 Å². The summed E-state index contributed by atoms with van der Waals surface area (Å²) in [4.78, 5) is 66.4. The summed E-state index contributed by atoms with van der Waals surface area (Å²) >= 11 is 0. The summed E-state index contributed by atoms with van der Waals surface area (Å²) < 4.78 is 73.4. The third-order valence-corrected chi connectivity index (χ3v) is 23.6. The lowest BCUT2D eigenvalue weighted by Crippen LogP contribution is -2.70. The van der Waals surface area contributed by atoms with Crippen LogP contribution in [0.1, 0.15) is 387 Å². The maximum Gasteiger partial charge on any atom is 0.472 e. The molecule has 684 valence electrons. The van der Waals surface area contributed by atoms with Gasteiger partial charge >= 0.3 is 31.7 Å². The van der Waals surface area contributed by atoms with Gasteiger partial charge in [-0.25, -0.2) is 4.57 Å². The lowest BCUT2D eigenvalue weighted by atomic mass is 9.84. The number of hydrogen-bond donors (Lipinski definition) is 10. The molecule has 26 heteroatoms. The van der Waals surface area contributed by atoms with E-state index in [-0.39, 0.29) is 25.7 Å². The van der Waals surface area contributed by atoms with Crippen molar-refractivity contribution < 1.29 is 122 Å². The molecule has 1 saturated carbocycles. The number of esters is 4. The molecule has 0 spiro atoms. The molecule has 0 aromatic heterocycles. The Morgan fingerprint density at radius 1 is 0.333 bits per heavy atom. The van der Waals surface area contributed by atoms with Crippen LogP contribution in [-0.4, -0.2) is 205 Å². The van der Waals surface area contributed by atoms with Gasteiger partial charge in [-0.3, -0.25) is 28.2 Å². The highest BCUT2D eigenvalue weighted by molar-refractivity contribution is 7.47. The number of aliphatic hydroxyl groups is 9. The SMILES string of the molecule is CCCCCC/C=C\CCCCCCCCCC(=O)OCC(COP(=O)(O)OC1C(OC2OC(CO)C(O)C(O)C2O)C(O)C(O)C(OC(=O)CCCCCCCCCCCCCCCCC)C1OC1OC(COC(=O)CCCCC/C=C\CCCCCCCC)C(O)C(O)C1O)OC(=O)CCCCCCCCC/C=C\CCCCCC. The van der Waals surface area contributed by atoms with E-state index in [1.165, 1.54) is 135 Å². The molecule has 0 amide bonds. The van der Waals surface area contributed by atoms with Crippen molar-refractivity contribution in [3.8, 4) is 0 Å². The number of rotatable bonds is 75. The molecule has 3 aliphatic rings. The molecule has 0 bridgehead atoms. The lowest BCUT2D eigenvalue weighted by molar-refractivity contribution is -0.360. The average Bonchev–Trinajstić information content (AvgIpc) is 0.755. The zero-order valence-electron chi connectivity index (χ0n) is 72.7. The summed E-state index contributed by atoms with van der Waals surface area (Å²) in [7, 11) is -5.81. The highest BCUT2D eigenvalue weighted by atomic mass is 31.2. The molecule has 18 atom stereocenters. The molecular formula is C91H165O25P. The first-order valence-electron chi connectivity index (χ1n) is 46.7. The Morgan fingerprint density at radius 2 is 0.641 bits per heavy atom. The van der Waals surface area contributed by atoms with E-state index in [0.717, 1.165) is 154 Å². The Labute approximate surface area is 704 Å². The van der Waals surface area contributed by atoms with Crippen LogP contribution < -0.4 is 0 Å². The topological polar surface area (TPSA) is 380 Å². The quantitative estimate of drug-likeness (QED) is 0.00889. The Bertz CT molecular complexity index is 2580. The molecule has 0 aromatic rings. The second-order valence-electron chi connectivity index (χ2n) is 33.2. The second kappa shape index (κ2) is 70.0. The van der Waals surface area contributed by atoms with Crippen molar-refractivity contribution in [1.82, 2.24) is 0 Å². The van der Waals surface area contributed by atoms with Crippen LogP contribution >= 0.6 is 7.82 Å². The van der Waals surface area contributed by atoms with Crippen LogP contribution in [0.25, 0.3) is 0 Å². The number of phosphoric acid groups is 1. The maximum absolute atomic E-state index is 14.9. The van der Waals surface area contributed by atoms with E-state index in [2.05, 4.69) is 64.2 Å². The first-order valence-corrected chi connectivity index (χ1v) is 48.2. The molecular weight excluding hydrogens is 1520 g/mol.